The van der Waals surface area contributed by atoms with Crippen LogP contribution in [0.3, 0.4) is 0 Å². The summed E-state index contributed by atoms with van der Waals surface area (Å²) in [6, 6.07) is 10.1. The zero-order valence-electron chi connectivity index (χ0n) is 9.24. The summed E-state index contributed by atoms with van der Waals surface area (Å²) < 4.78 is 13.6. The molecule has 0 aliphatic heterocycles. The van der Waals surface area contributed by atoms with Crippen LogP contribution in [0.25, 0.3) is 0 Å². The minimum absolute atomic E-state index is 0.350. The topological polar surface area (TPSA) is 48.7 Å². The number of nitrogens with zero attached hydrogens (tertiary/aromatic N) is 2. The molecule has 3 nitrogen and oxygen atoms in total. The SMILES string of the molecule is Cc1cccc(F)c1Nc1ncccc1C#N. The number of halogens is 1. The summed E-state index contributed by atoms with van der Waals surface area (Å²) in [5.41, 5.74) is 1.50. The monoisotopic (exact) mass is 227 g/mol. The Morgan fingerprint density at radius 1 is 1.29 bits per heavy atom. The number of anilines is 2. The van der Waals surface area contributed by atoms with Crippen molar-refractivity contribution in [2.75, 3.05) is 5.32 Å². The molecular weight excluding hydrogens is 217 g/mol. The van der Waals surface area contributed by atoms with Crippen LogP contribution < -0.4 is 5.32 Å². The van der Waals surface area contributed by atoms with Gasteiger partial charge in [-0.05, 0) is 30.7 Å². The van der Waals surface area contributed by atoms with Gasteiger partial charge in [0.1, 0.15) is 17.7 Å². The van der Waals surface area contributed by atoms with Gasteiger partial charge in [-0.2, -0.15) is 5.26 Å². The number of hydrogen-bond donors (Lipinski definition) is 1. The van der Waals surface area contributed by atoms with Crippen LogP contribution in [0.1, 0.15) is 11.1 Å². The second kappa shape index (κ2) is 4.62. The number of nitrogens with one attached hydrogen (secondary N) is 1. The Hall–Kier alpha value is -2.41. The third-order valence-corrected chi connectivity index (χ3v) is 2.39. The first-order chi connectivity index (χ1) is 8.22. The van der Waals surface area contributed by atoms with Crippen LogP contribution in [0.15, 0.2) is 36.5 Å². The summed E-state index contributed by atoms with van der Waals surface area (Å²) in [4.78, 5) is 4.03. The first kappa shape index (κ1) is 11.1. The number of rotatable bonds is 2. The lowest BCUT2D eigenvalue weighted by atomic mass is 10.2. The summed E-state index contributed by atoms with van der Waals surface area (Å²) in [5, 5.41) is 11.8. The van der Waals surface area contributed by atoms with E-state index in [-0.39, 0.29) is 5.82 Å². The normalized spacial score (nSPS) is 9.71. The van der Waals surface area contributed by atoms with Crippen molar-refractivity contribution in [2.24, 2.45) is 0 Å². The number of aryl methyl sites for hydroxylation is 1. The summed E-state index contributed by atoms with van der Waals surface area (Å²) in [5.74, 6) is 0.00254. The van der Waals surface area contributed by atoms with E-state index in [2.05, 4.69) is 10.3 Å². The van der Waals surface area contributed by atoms with Gasteiger partial charge in [-0.1, -0.05) is 12.1 Å². The van der Waals surface area contributed by atoms with E-state index < -0.39 is 0 Å². The number of para-hydroxylation sites is 1. The minimum Gasteiger partial charge on any atom is -0.337 e. The third kappa shape index (κ3) is 2.23. The Morgan fingerprint density at radius 3 is 2.82 bits per heavy atom. The fourth-order valence-electron chi connectivity index (χ4n) is 1.50. The lowest BCUT2D eigenvalue weighted by Crippen LogP contribution is -2.00. The third-order valence-electron chi connectivity index (χ3n) is 2.39. The van der Waals surface area contributed by atoms with E-state index >= 15 is 0 Å². The van der Waals surface area contributed by atoms with E-state index in [0.717, 1.165) is 5.56 Å². The molecule has 84 valence electrons. The molecule has 1 heterocycles. The molecule has 0 fully saturated rings. The van der Waals surface area contributed by atoms with E-state index in [1.54, 1.807) is 37.4 Å². The van der Waals surface area contributed by atoms with Crippen LogP contribution in [-0.2, 0) is 0 Å². The molecule has 1 aromatic carbocycles. The molecule has 0 radical (unpaired) electrons. The second-order valence-electron chi connectivity index (χ2n) is 3.57. The molecule has 0 saturated heterocycles. The second-order valence-corrected chi connectivity index (χ2v) is 3.57. The molecule has 0 amide bonds. The maximum absolute atomic E-state index is 13.6. The standard InChI is InChI=1S/C13H10FN3/c1-9-4-2-6-11(14)12(9)17-13-10(8-15)5-3-7-16-13/h2-7H,1H3,(H,16,17). The van der Waals surface area contributed by atoms with Crippen LogP contribution in [0.4, 0.5) is 15.9 Å². The molecule has 0 aliphatic carbocycles. The Kier molecular flexibility index (Phi) is 3.01. The summed E-state index contributed by atoms with van der Waals surface area (Å²) in [7, 11) is 0. The largest absolute Gasteiger partial charge is 0.337 e. The summed E-state index contributed by atoms with van der Waals surface area (Å²) >= 11 is 0. The Labute approximate surface area is 98.5 Å². The van der Waals surface area contributed by atoms with Crippen molar-refractivity contribution >= 4 is 11.5 Å². The van der Waals surface area contributed by atoms with Crippen LogP contribution in [0.2, 0.25) is 0 Å². The lowest BCUT2D eigenvalue weighted by molar-refractivity contribution is 0.631. The van der Waals surface area contributed by atoms with Gasteiger partial charge in [-0.15, -0.1) is 0 Å². The molecular formula is C13H10FN3. The number of nitriles is 1. The molecule has 0 unspecified atom stereocenters. The predicted octanol–water partition coefficient (Wildman–Crippen LogP) is 3.14. The lowest BCUT2D eigenvalue weighted by Gasteiger charge is -2.10. The van der Waals surface area contributed by atoms with Gasteiger partial charge in [0.15, 0.2) is 0 Å². The first-order valence-corrected chi connectivity index (χ1v) is 5.09. The molecule has 2 rings (SSSR count). The van der Waals surface area contributed by atoms with Gasteiger partial charge >= 0.3 is 0 Å². The highest BCUT2D eigenvalue weighted by atomic mass is 19.1. The van der Waals surface area contributed by atoms with Crippen molar-refractivity contribution in [3.8, 4) is 6.07 Å². The van der Waals surface area contributed by atoms with Gasteiger partial charge in [0.05, 0.1) is 11.3 Å². The molecule has 17 heavy (non-hydrogen) atoms. The molecule has 1 aromatic heterocycles. The smallest absolute Gasteiger partial charge is 0.148 e. The molecule has 0 aliphatic rings. The van der Waals surface area contributed by atoms with Gasteiger partial charge < -0.3 is 5.32 Å². The molecule has 1 N–H and O–H groups in total. The van der Waals surface area contributed by atoms with E-state index in [1.165, 1.54) is 6.07 Å². The van der Waals surface area contributed by atoms with E-state index in [4.69, 9.17) is 5.26 Å². The zero-order valence-corrected chi connectivity index (χ0v) is 9.24. The minimum atomic E-state index is -0.362. The molecule has 4 heteroatoms. The summed E-state index contributed by atoms with van der Waals surface area (Å²) in [6.45, 7) is 1.79. The Balaban J connectivity index is 2.42. The van der Waals surface area contributed by atoms with Gasteiger partial charge in [-0.3, -0.25) is 0 Å². The number of hydrogen-bond acceptors (Lipinski definition) is 3. The molecule has 0 atom stereocenters. The average molecular weight is 227 g/mol. The highest BCUT2D eigenvalue weighted by molar-refractivity contribution is 5.65. The maximum atomic E-state index is 13.6. The zero-order chi connectivity index (χ0) is 12.3. The molecule has 0 saturated carbocycles. The summed E-state index contributed by atoms with van der Waals surface area (Å²) in [6.07, 6.45) is 1.55. The van der Waals surface area contributed by atoms with E-state index in [0.29, 0.717) is 17.1 Å². The van der Waals surface area contributed by atoms with E-state index in [1.807, 2.05) is 6.07 Å². The first-order valence-electron chi connectivity index (χ1n) is 5.09. The van der Waals surface area contributed by atoms with Crippen molar-refractivity contribution in [2.45, 2.75) is 6.92 Å². The fraction of sp³-hybridized carbons (Fsp3) is 0.0769. The van der Waals surface area contributed by atoms with Gasteiger partial charge in [0, 0.05) is 6.20 Å². The van der Waals surface area contributed by atoms with Crippen molar-refractivity contribution in [3.05, 3.63) is 53.5 Å². The Morgan fingerprint density at radius 2 is 2.12 bits per heavy atom. The predicted molar refractivity (Wildman–Crippen MR) is 63.4 cm³/mol. The van der Waals surface area contributed by atoms with Crippen LogP contribution in [-0.4, -0.2) is 4.98 Å². The van der Waals surface area contributed by atoms with Crippen molar-refractivity contribution in [1.82, 2.24) is 4.98 Å². The fourth-order valence-corrected chi connectivity index (χ4v) is 1.50. The van der Waals surface area contributed by atoms with Gasteiger partial charge in [0.25, 0.3) is 0 Å². The maximum Gasteiger partial charge on any atom is 0.148 e. The van der Waals surface area contributed by atoms with Crippen LogP contribution in [0.5, 0.6) is 0 Å². The van der Waals surface area contributed by atoms with Crippen molar-refractivity contribution in [3.63, 3.8) is 0 Å². The van der Waals surface area contributed by atoms with Crippen molar-refractivity contribution < 1.29 is 4.39 Å². The van der Waals surface area contributed by atoms with Crippen LogP contribution >= 0.6 is 0 Å². The van der Waals surface area contributed by atoms with Crippen molar-refractivity contribution in [1.29, 1.82) is 5.26 Å². The average Bonchev–Trinajstić information content (AvgIpc) is 2.34. The highest BCUT2D eigenvalue weighted by Crippen LogP contribution is 2.23. The highest BCUT2D eigenvalue weighted by Gasteiger charge is 2.08. The quantitative estimate of drug-likeness (QED) is 0.857. The van der Waals surface area contributed by atoms with Gasteiger partial charge in [-0.25, -0.2) is 9.37 Å². The van der Waals surface area contributed by atoms with E-state index in [9.17, 15) is 4.39 Å². The molecule has 0 bridgehead atoms. The van der Waals surface area contributed by atoms with Crippen LogP contribution in [0, 0.1) is 24.1 Å². The molecule has 2 aromatic rings. The molecule has 0 spiro atoms. The number of aromatic nitrogens is 1. The Bertz CT molecular complexity index is 567. The van der Waals surface area contributed by atoms with Gasteiger partial charge in [0.2, 0.25) is 0 Å². The number of pyridine rings is 1. The number of benzene rings is 1.